The zero-order chi connectivity index (χ0) is 21.5. The fraction of sp³-hybridized carbons (Fsp3) is 0.350. The SMILES string of the molecule is Cc1ccnc(NC(=O)[C@@H]2CCCN(S(=O)(=O)c3ccc4c(c3)oc(=O)n4C)C2)c1. The Morgan fingerprint density at radius 1 is 1.27 bits per heavy atom. The summed E-state index contributed by atoms with van der Waals surface area (Å²) in [5.41, 5.74) is 1.69. The van der Waals surface area contributed by atoms with Gasteiger partial charge in [-0.2, -0.15) is 4.31 Å². The smallest absolute Gasteiger partial charge is 0.408 e. The van der Waals surface area contributed by atoms with Crippen molar-refractivity contribution in [1.29, 1.82) is 0 Å². The number of aryl methyl sites for hydroxylation is 2. The van der Waals surface area contributed by atoms with E-state index < -0.39 is 21.7 Å². The molecule has 4 rings (SSSR count). The van der Waals surface area contributed by atoms with E-state index in [1.165, 1.54) is 21.0 Å². The Morgan fingerprint density at radius 2 is 2.07 bits per heavy atom. The Kier molecular flexibility index (Phi) is 5.20. The van der Waals surface area contributed by atoms with Crippen LogP contribution >= 0.6 is 0 Å². The van der Waals surface area contributed by atoms with Gasteiger partial charge in [0.2, 0.25) is 15.9 Å². The van der Waals surface area contributed by atoms with Crippen LogP contribution in [0.5, 0.6) is 0 Å². The van der Waals surface area contributed by atoms with Gasteiger partial charge in [-0.25, -0.2) is 18.2 Å². The molecule has 10 heteroatoms. The first-order valence-corrected chi connectivity index (χ1v) is 11.0. The van der Waals surface area contributed by atoms with Crippen molar-refractivity contribution in [2.24, 2.45) is 13.0 Å². The number of hydrogen-bond acceptors (Lipinski definition) is 6. The quantitative estimate of drug-likeness (QED) is 0.676. The zero-order valence-corrected chi connectivity index (χ0v) is 17.5. The summed E-state index contributed by atoms with van der Waals surface area (Å²) in [5.74, 6) is -0.838. The van der Waals surface area contributed by atoms with Crippen LogP contribution in [-0.4, -0.2) is 41.3 Å². The van der Waals surface area contributed by atoms with Crippen LogP contribution in [0, 0.1) is 12.8 Å². The van der Waals surface area contributed by atoms with Gasteiger partial charge in [-0.1, -0.05) is 0 Å². The van der Waals surface area contributed by atoms with Crippen LogP contribution in [0.3, 0.4) is 0 Å². The van der Waals surface area contributed by atoms with Crippen LogP contribution in [0.2, 0.25) is 0 Å². The molecule has 0 saturated carbocycles. The molecular formula is C20H22N4O5S. The van der Waals surface area contributed by atoms with Gasteiger partial charge in [0.05, 0.1) is 16.3 Å². The predicted molar refractivity (Wildman–Crippen MR) is 111 cm³/mol. The number of oxazole rings is 1. The maximum atomic E-state index is 13.1. The standard InChI is InChI=1S/C20H22N4O5S/c1-13-7-8-21-18(10-13)22-19(25)14-4-3-9-24(12-14)30(27,28)15-5-6-16-17(11-15)29-20(26)23(16)2/h5-8,10-11,14H,3-4,9,12H2,1-2H3,(H,21,22,25)/t14-/m1/s1. The molecule has 1 aromatic carbocycles. The molecule has 1 N–H and O–H groups in total. The van der Waals surface area contributed by atoms with Crippen molar-refractivity contribution < 1.29 is 17.6 Å². The van der Waals surface area contributed by atoms with Crippen LogP contribution < -0.4 is 11.1 Å². The van der Waals surface area contributed by atoms with E-state index >= 15 is 0 Å². The molecule has 1 aliphatic rings. The second kappa shape index (κ2) is 7.69. The van der Waals surface area contributed by atoms with Crippen molar-refractivity contribution in [3.05, 3.63) is 52.6 Å². The highest BCUT2D eigenvalue weighted by molar-refractivity contribution is 7.89. The Morgan fingerprint density at radius 3 is 2.83 bits per heavy atom. The Labute approximate surface area is 173 Å². The predicted octanol–water partition coefficient (Wildman–Crippen LogP) is 1.87. The third kappa shape index (κ3) is 3.75. The summed E-state index contributed by atoms with van der Waals surface area (Å²) in [6, 6.07) is 7.94. The van der Waals surface area contributed by atoms with Gasteiger partial charge < -0.3 is 9.73 Å². The summed E-state index contributed by atoms with van der Waals surface area (Å²) in [7, 11) is -2.28. The number of benzene rings is 1. The van der Waals surface area contributed by atoms with Crippen LogP contribution in [0.1, 0.15) is 18.4 Å². The fourth-order valence-electron chi connectivity index (χ4n) is 3.63. The number of amides is 1. The third-order valence-electron chi connectivity index (χ3n) is 5.32. The molecule has 3 heterocycles. The largest absolute Gasteiger partial charge is 0.419 e. The molecule has 0 spiro atoms. The number of carbonyl (C=O) groups excluding carboxylic acids is 1. The minimum Gasteiger partial charge on any atom is -0.408 e. The Bertz CT molecular complexity index is 1280. The molecule has 158 valence electrons. The number of carbonyl (C=O) groups is 1. The fourth-order valence-corrected chi connectivity index (χ4v) is 5.17. The number of rotatable bonds is 4. The molecule has 0 radical (unpaired) electrons. The molecule has 1 saturated heterocycles. The minimum absolute atomic E-state index is 0.0331. The van der Waals surface area contributed by atoms with Gasteiger partial charge in [-0.15, -0.1) is 0 Å². The summed E-state index contributed by atoms with van der Waals surface area (Å²) < 4.78 is 34.0. The minimum atomic E-state index is -3.84. The lowest BCUT2D eigenvalue weighted by Gasteiger charge is -2.31. The van der Waals surface area contributed by atoms with E-state index in [1.54, 1.807) is 25.4 Å². The first-order chi connectivity index (χ1) is 14.3. The lowest BCUT2D eigenvalue weighted by Crippen LogP contribution is -2.43. The van der Waals surface area contributed by atoms with Crippen LogP contribution in [-0.2, 0) is 21.9 Å². The monoisotopic (exact) mass is 430 g/mol. The van der Waals surface area contributed by atoms with Gasteiger partial charge in [0.15, 0.2) is 5.58 Å². The maximum Gasteiger partial charge on any atom is 0.419 e. The van der Waals surface area contributed by atoms with E-state index in [2.05, 4.69) is 10.3 Å². The highest BCUT2D eigenvalue weighted by atomic mass is 32.2. The average molecular weight is 430 g/mol. The molecule has 0 aliphatic carbocycles. The second-order valence-corrected chi connectivity index (χ2v) is 9.40. The maximum absolute atomic E-state index is 13.1. The van der Waals surface area contributed by atoms with E-state index in [1.807, 2.05) is 13.0 Å². The van der Waals surface area contributed by atoms with E-state index in [4.69, 9.17) is 4.42 Å². The molecule has 1 atom stereocenters. The van der Waals surface area contributed by atoms with Crippen molar-refractivity contribution in [2.45, 2.75) is 24.7 Å². The molecule has 30 heavy (non-hydrogen) atoms. The summed E-state index contributed by atoms with van der Waals surface area (Å²) in [6.45, 7) is 2.31. The van der Waals surface area contributed by atoms with E-state index in [0.29, 0.717) is 30.7 Å². The number of anilines is 1. The highest BCUT2D eigenvalue weighted by Crippen LogP contribution is 2.26. The number of hydrogen-bond donors (Lipinski definition) is 1. The lowest BCUT2D eigenvalue weighted by molar-refractivity contribution is -0.120. The number of piperidine rings is 1. The van der Waals surface area contributed by atoms with Gasteiger partial charge in [-0.3, -0.25) is 9.36 Å². The van der Waals surface area contributed by atoms with E-state index in [0.717, 1.165) is 5.56 Å². The molecule has 1 amide bonds. The van der Waals surface area contributed by atoms with Crippen molar-refractivity contribution in [3.63, 3.8) is 0 Å². The first-order valence-electron chi connectivity index (χ1n) is 9.59. The molecule has 9 nitrogen and oxygen atoms in total. The highest BCUT2D eigenvalue weighted by Gasteiger charge is 2.33. The first kappa shape index (κ1) is 20.3. The number of aromatic nitrogens is 2. The van der Waals surface area contributed by atoms with Crippen molar-refractivity contribution in [2.75, 3.05) is 18.4 Å². The second-order valence-electron chi connectivity index (χ2n) is 7.47. The van der Waals surface area contributed by atoms with Gasteiger partial charge in [-0.05, 0) is 49.6 Å². The zero-order valence-electron chi connectivity index (χ0n) is 16.7. The molecular weight excluding hydrogens is 408 g/mol. The normalized spacial score (nSPS) is 17.9. The summed E-state index contributed by atoms with van der Waals surface area (Å²) in [4.78, 5) is 28.5. The number of nitrogens with zero attached hydrogens (tertiary/aromatic N) is 3. The molecule has 3 aromatic rings. The van der Waals surface area contributed by atoms with Gasteiger partial charge in [0.25, 0.3) is 0 Å². The molecule has 0 unspecified atom stereocenters. The number of pyridine rings is 1. The molecule has 1 fully saturated rings. The summed E-state index contributed by atoms with van der Waals surface area (Å²) in [5, 5.41) is 2.77. The van der Waals surface area contributed by atoms with Crippen molar-refractivity contribution in [1.82, 2.24) is 13.9 Å². The molecule has 1 aliphatic heterocycles. The Hall–Kier alpha value is -2.98. The van der Waals surface area contributed by atoms with Crippen molar-refractivity contribution in [3.8, 4) is 0 Å². The van der Waals surface area contributed by atoms with Gasteiger partial charge >= 0.3 is 5.76 Å². The van der Waals surface area contributed by atoms with Crippen LogP contribution in [0.25, 0.3) is 11.1 Å². The summed E-state index contributed by atoms with van der Waals surface area (Å²) >= 11 is 0. The van der Waals surface area contributed by atoms with Crippen LogP contribution in [0.15, 0.2) is 50.6 Å². The van der Waals surface area contributed by atoms with E-state index in [-0.39, 0.29) is 22.9 Å². The van der Waals surface area contributed by atoms with Gasteiger partial charge in [0, 0.05) is 32.4 Å². The lowest BCUT2D eigenvalue weighted by atomic mass is 9.99. The number of sulfonamides is 1. The molecule has 2 aromatic heterocycles. The van der Waals surface area contributed by atoms with Gasteiger partial charge in [0.1, 0.15) is 5.82 Å². The van der Waals surface area contributed by atoms with Crippen LogP contribution in [0.4, 0.5) is 5.82 Å². The third-order valence-corrected chi connectivity index (χ3v) is 7.18. The van der Waals surface area contributed by atoms with Crippen molar-refractivity contribution >= 4 is 32.8 Å². The summed E-state index contributed by atoms with van der Waals surface area (Å²) in [6.07, 6.45) is 2.78. The number of nitrogens with one attached hydrogen (secondary N) is 1. The Balaban J connectivity index is 1.54. The molecule has 0 bridgehead atoms. The van der Waals surface area contributed by atoms with E-state index in [9.17, 15) is 18.0 Å². The average Bonchev–Trinajstić information content (AvgIpc) is 3.01. The number of fused-ring (bicyclic) bond motifs is 1. The topological polar surface area (TPSA) is 115 Å².